The van der Waals surface area contributed by atoms with Crippen molar-refractivity contribution in [2.75, 3.05) is 24.7 Å². The van der Waals surface area contributed by atoms with E-state index in [2.05, 4.69) is 10.3 Å². The lowest BCUT2D eigenvalue weighted by Crippen LogP contribution is -2.32. The highest BCUT2D eigenvalue weighted by molar-refractivity contribution is 7.16. The zero-order valence-electron chi connectivity index (χ0n) is 10.3. The number of anilines is 2. The lowest BCUT2D eigenvalue weighted by Gasteiger charge is -2.24. The molecule has 4 nitrogen and oxygen atoms in total. The van der Waals surface area contributed by atoms with Gasteiger partial charge >= 0.3 is 0 Å². The third-order valence-corrected chi connectivity index (χ3v) is 3.59. The van der Waals surface area contributed by atoms with Gasteiger partial charge in [0.15, 0.2) is 0 Å². The van der Waals surface area contributed by atoms with Crippen LogP contribution in [0.4, 0.5) is 11.4 Å². The van der Waals surface area contributed by atoms with E-state index < -0.39 is 0 Å². The van der Waals surface area contributed by atoms with E-state index in [-0.39, 0.29) is 5.60 Å². The molecule has 0 saturated carbocycles. The van der Waals surface area contributed by atoms with Crippen molar-refractivity contribution >= 4 is 32.9 Å². The van der Waals surface area contributed by atoms with Crippen LogP contribution in [0.2, 0.25) is 0 Å². The Morgan fingerprint density at radius 2 is 2.24 bits per heavy atom. The lowest BCUT2D eigenvalue weighted by atomic mass is 10.1. The number of hydrogen-bond donors (Lipinski definition) is 2. The number of nitrogens with two attached hydrogens (primary N) is 1. The van der Waals surface area contributed by atoms with Crippen LogP contribution in [0.3, 0.4) is 0 Å². The van der Waals surface area contributed by atoms with E-state index in [1.54, 1.807) is 18.4 Å². The SMILES string of the molecule is COC(C)(C)CNc1ccc2scnc2c1N. The second-order valence-corrected chi connectivity index (χ2v) is 5.43. The zero-order chi connectivity index (χ0) is 12.5. The minimum Gasteiger partial charge on any atom is -0.395 e. The molecule has 5 heteroatoms. The van der Waals surface area contributed by atoms with Gasteiger partial charge in [0.1, 0.15) is 5.52 Å². The molecule has 0 amide bonds. The van der Waals surface area contributed by atoms with Crippen LogP contribution < -0.4 is 11.1 Å². The zero-order valence-corrected chi connectivity index (χ0v) is 11.1. The fourth-order valence-corrected chi connectivity index (χ4v) is 2.18. The summed E-state index contributed by atoms with van der Waals surface area (Å²) < 4.78 is 6.47. The Bertz CT molecular complexity index is 521. The molecule has 17 heavy (non-hydrogen) atoms. The van der Waals surface area contributed by atoms with E-state index >= 15 is 0 Å². The van der Waals surface area contributed by atoms with Gasteiger partial charge in [-0.25, -0.2) is 4.98 Å². The van der Waals surface area contributed by atoms with Gasteiger partial charge in [0.2, 0.25) is 0 Å². The number of nitrogen functional groups attached to an aromatic ring is 1. The molecular weight excluding hydrogens is 234 g/mol. The van der Waals surface area contributed by atoms with E-state index in [1.165, 1.54) is 0 Å². The van der Waals surface area contributed by atoms with Crippen LogP contribution in [-0.4, -0.2) is 24.2 Å². The molecule has 0 spiro atoms. The number of rotatable bonds is 4. The lowest BCUT2D eigenvalue weighted by molar-refractivity contribution is 0.0344. The first kappa shape index (κ1) is 12.1. The second kappa shape index (κ2) is 4.50. The van der Waals surface area contributed by atoms with Gasteiger partial charge in [-0.15, -0.1) is 11.3 Å². The molecule has 0 aliphatic heterocycles. The van der Waals surface area contributed by atoms with Gasteiger partial charge in [0.05, 0.1) is 27.2 Å². The largest absolute Gasteiger partial charge is 0.395 e. The maximum atomic E-state index is 6.08. The van der Waals surface area contributed by atoms with Crippen molar-refractivity contribution in [3.05, 3.63) is 17.6 Å². The Labute approximate surface area is 105 Å². The summed E-state index contributed by atoms with van der Waals surface area (Å²) >= 11 is 1.59. The minimum atomic E-state index is -0.219. The monoisotopic (exact) mass is 251 g/mol. The third-order valence-electron chi connectivity index (χ3n) is 2.80. The average Bonchev–Trinajstić information content (AvgIpc) is 2.77. The van der Waals surface area contributed by atoms with Gasteiger partial charge in [-0.05, 0) is 26.0 Å². The van der Waals surface area contributed by atoms with Crippen LogP contribution in [-0.2, 0) is 4.74 Å². The number of benzene rings is 1. The van der Waals surface area contributed by atoms with Crippen molar-refractivity contribution in [2.24, 2.45) is 0 Å². The number of fused-ring (bicyclic) bond motifs is 1. The fraction of sp³-hybridized carbons (Fsp3) is 0.417. The van der Waals surface area contributed by atoms with E-state index in [0.29, 0.717) is 12.2 Å². The molecule has 0 bridgehead atoms. The van der Waals surface area contributed by atoms with Gasteiger partial charge in [0.25, 0.3) is 0 Å². The first-order valence-corrected chi connectivity index (χ1v) is 6.32. The minimum absolute atomic E-state index is 0.219. The second-order valence-electron chi connectivity index (χ2n) is 4.54. The smallest absolute Gasteiger partial charge is 0.106 e. The first-order chi connectivity index (χ1) is 8.03. The predicted molar refractivity (Wildman–Crippen MR) is 73.6 cm³/mol. The van der Waals surface area contributed by atoms with Crippen molar-refractivity contribution in [3.8, 4) is 0 Å². The topological polar surface area (TPSA) is 60.2 Å². The molecule has 0 aliphatic rings. The van der Waals surface area contributed by atoms with Crippen molar-refractivity contribution < 1.29 is 4.74 Å². The van der Waals surface area contributed by atoms with E-state index in [1.807, 2.05) is 31.5 Å². The van der Waals surface area contributed by atoms with Gasteiger partial charge < -0.3 is 15.8 Å². The van der Waals surface area contributed by atoms with Gasteiger partial charge in [0, 0.05) is 13.7 Å². The quantitative estimate of drug-likeness (QED) is 0.820. The molecule has 0 unspecified atom stereocenters. The molecule has 0 aliphatic carbocycles. The number of aromatic nitrogens is 1. The van der Waals surface area contributed by atoms with Gasteiger partial charge in [-0.1, -0.05) is 0 Å². The van der Waals surface area contributed by atoms with Crippen LogP contribution in [0, 0.1) is 0 Å². The van der Waals surface area contributed by atoms with Crippen LogP contribution in [0.25, 0.3) is 10.2 Å². The Hall–Kier alpha value is -1.33. The summed E-state index contributed by atoms with van der Waals surface area (Å²) in [5.41, 5.74) is 10.2. The van der Waals surface area contributed by atoms with Crippen LogP contribution in [0.5, 0.6) is 0 Å². The van der Waals surface area contributed by atoms with Crippen LogP contribution >= 0.6 is 11.3 Å². The summed E-state index contributed by atoms with van der Waals surface area (Å²) in [4.78, 5) is 4.27. The molecule has 1 aromatic heterocycles. The number of methoxy groups -OCH3 is 1. The Kier molecular flexibility index (Phi) is 3.22. The molecule has 0 atom stereocenters. The molecule has 1 aromatic carbocycles. The molecular formula is C12H17N3OS. The molecule has 2 aromatic rings. The van der Waals surface area contributed by atoms with Crippen molar-refractivity contribution in [1.29, 1.82) is 0 Å². The number of nitrogens with one attached hydrogen (secondary N) is 1. The summed E-state index contributed by atoms with van der Waals surface area (Å²) in [7, 11) is 1.70. The maximum absolute atomic E-state index is 6.08. The first-order valence-electron chi connectivity index (χ1n) is 5.44. The summed E-state index contributed by atoms with van der Waals surface area (Å²) in [6.45, 7) is 4.75. The number of nitrogens with zero attached hydrogens (tertiary/aromatic N) is 1. The fourth-order valence-electron chi connectivity index (χ4n) is 1.49. The van der Waals surface area contributed by atoms with E-state index in [4.69, 9.17) is 10.5 Å². The van der Waals surface area contributed by atoms with Gasteiger partial charge in [-0.2, -0.15) is 0 Å². The van der Waals surface area contributed by atoms with Crippen LogP contribution in [0.1, 0.15) is 13.8 Å². The van der Waals surface area contributed by atoms with Crippen LogP contribution in [0.15, 0.2) is 17.6 Å². The van der Waals surface area contributed by atoms with Crippen molar-refractivity contribution in [1.82, 2.24) is 4.98 Å². The highest BCUT2D eigenvalue weighted by Crippen LogP contribution is 2.30. The summed E-state index contributed by atoms with van der Waals surface area (Å²) in [6, 6.07) is 4.02. The standard InChI is InChI=1S/C12H17N3OS/c1-12(2,16-3)6-14-8-4-5-9-11(10(8)13)15-7-17-9/h4-5,7,14H,6,13H2,1-3H3. The highest BCUT2D eigenvalue weighted by Gasteiger charge is 2.16. The molecule has 0 radical (unpaired) electrons. The molecule has 0 fully saturated rings. The molecule has 92 valence electrons. The molecule has 3 N–H and O–H groups in total. The summed E-state index contributed by atoms with van der Waals surface area (Å²) in [6.07, 6.45) is 0. The molecule has 2 rings (SSSR count). The number of ether oxygens (including phenoxy) is 1. The molecule has 0 saturated heterocycles. The Morgan fingerprint density at radius 1 is 1.47 bits per heavy atom. The third kappa shape index (κ3) is 2.50. The number of hydrogen-bond acceptors (Lipinski definition) is 5. The van der Waals surface area contributed by atoms with E-state index in [9.17, 15) is 0 Å². The van der Waals surface area contributed by atoms with Gasteiger partial charge in [-0.3, -0.25) is 0 Å². The maximum Gasteiger partial charge on any atom is 0.106 e. The van der Waals surface area contributed by atoms with E-state index in [0.717, 1.165) is 15.9 Å². The Morgan fingerprint density at radius 3 is 2.94 bits per heavy atom. The normalized spacial score (nSPS) is 11.9. The van der Waals surface area contributed by atoms with Crippen molar-refractivity contribution in [3.63, 3.8) is 0 Å². The highest BCUT2D eigenvalue weighted by atomic mass is 32.1. The summed E-state index contributed by atoms with van der Waals surface area (Å²) in [5.74, 6) is 0. The predicted octanol–water partition coefficient (Wildman–Crippen LogP) is 2.72. The average molecular weight is 251 g/mol. The van der Waals surface area contributed by atoms with Crippen molar-refractivity contribution in [2.45, 2.75) is 19.4 Å². The number of thiazole rings is 1. The Balaban J connectivity index is 2.21. The molecule has 1 heterocycles. The summed E-state index contributed by atoms with van der Waals surface area (Å²) in [5, 5.41) is 3.30.